The third-order valence-corrected chi connectivity index (χ3v) is 9.57. The van der Waals surface area contributed by atoms with Gasteiger partial charge in [0, 0.05) is 22.0 Å². The van der Waals surface area contributed by atoms with Crippen LogP contribution in [0.4, 0.5) is 8.78 Å². The Hall–Kier alpha value is -6.37. The van der Waals surface area contributed by atoms with Crippen molar-refractivity contribution in [2.24, 2.45) is 0 Å². The van der Waals surface area contributed by atoms with Gasteiger partial charge < -0.3 is 4.74 Å². The first-order valence-electron chi connectivity index (χ1n) is 16.5. The summed E-state index contributed by atoms with van der Waals surface area (Å²) >= 11 is 0. The zero-order valence-electron chi connectivity index (χ0n) is 28.7. The minimum atomic E-state index is -0.980. The molecule has 250 valence electrons. The number of hydrogen-bond donors (Lipinski definition) is 0. The van der Waals surface area contributed by atoms with E-state index in [1.807, 2.05) is 100 Å². The normalized spacial score (nSPS) is 11.4. The third kappa shape index (κ3) is 6.65. The topological polar surface area (TPSA) is 73.9 Å². The molecule has 0 radical (unpaired) electrons. The monoisotopic (exact) mass is 672 g/mol. The van der Waals surface area contributed by atoms with Crippen molar-refractivity contribution in [1.82, 2.24) is 0 Å². The van der Waals surface area contributed by atoms with Gasteiger partial charge in [-0.1, -0.05) is 107 Å². The van der Waals surface area contributed by atoms with Crippen molar-refractivity contribution in [3.05, 3.63) is 190 Å². The average Bonchev–Trinajstić information content (AvgIpc) is 3.15. The van der Waals surface area contributed by atoms with E-state index >= 15 is 0 Å². The Bertz CT molecular complexity index is 2330. The molecule has 51 heavy (non-hydrogen) atoms. The highest BCUT2D eigenvalue weighted by molar-refractivity contribution is 6.10. The van der Waals surface area contributed by atoms with Crippen LogP contribution in [0.15, 0.2) is 133 Å². The molecule has 6 rings (SSSR count). The van der Waals surface area contributed by atoms with Crippen molar-refractivity contribution in [3.63, 3.8) is 0 Å². The van der Waals surface area contributed by atoms with Gasteiger partial charge in [-0.05, 0) is 88.0 Å². The van der Waals surface area contributed by atoms with Gasteiger partial charge in [0.1, 0.15) is 35.3 Å². The maximum absolute atomic E-state index is 14.9. The molecule has 0 aromatic heterocycles. The van der Waals surface area contributed by atoms with Crippen LogP contribution in [0.3, 0.4) is 0 Å². The fraction of sp³-hybridized carbons (Fsp3) is 0.133. The van der Waals surface area contributed by atoms with Gasteiger partial charge in [-0.15, -0.1) is 0 Å². The van der Waals surface area contributed by atoms with Gasteiger partial charge in [0.05, 0.1) is 11.1 Å². The molecule has 6 aromatic rings. The van der Waals surface area contributed by atoms with E-state index in [0.717, 1.165) is 11.1 Å². The Kier molecular flexibility index (Phi) is 9.37. The summed E-state index contributed by atoms with van der Waals surface area (Å²) in [6, 6.07) is 43.0. The summed E-state index contributed by atoms with van der Waals surface area (Å²) in [6.45, 7) is 7.44. The Morgan fingerprint density at radius 1 is 0.569 bits per heavy atom. The quantitative estimate of drug-likeness (QED) is 0.143. The molecule has 0 saturated carbocycles. The number of nitrogens with zero attached hydrogens (tertiary/aromatic N) is 2. The summed E-state index contributed by atoms with van der Waals surface area (Å²) in [6.07, 6.45) is 0. The van der Waals surface area contributed by atoms with Gasteiger partial charge in [0.2, 0.25) is 0 Å². The Morgan fingerprint density at radius 2 is 1.08 bits per heavy atom. The minimum absolute atomic E-state index is 0.0662. The van der Waals surface area contributed by atoms with Gasteiger partial charge in [-0.2, -0.15) is 10.5 Å². The predicted octanol–water partition coefficient (Wildman–Crippen LogP) is 11.1. The molecule has 0 N–H and O–H groups in total. The van der Waals surface area contributed by atoms with E-state index < -0.39 is 22.5 Å². The number of halogens is 2. The minimum Gasteiger partial charge on any atom is -0.457 e. The van der Waals surface area contributed by atoms with Crippen molar-refractivity contribution in [1.29, 1.82) is 10.5 Å². The molecule has 0 fully saturated rings. The standard InChI is InChI=1S/C45H34F2N2O2/c1-44(2,38-12-8-14-41(46)36(38)27-48)32-20-25-40(45(3,4)39-13-9-15-42(47)37(39)28-49)35(26-32)43(50)31-18-23-34(24-19-31)51-33-21-16-30(17-22-33)29-10-6-5-7-11-29/h5-26H,1-4H3. The average molecular weight is 673 g/mol. The Balaban J connectivity index is 1.40. The van der Waals surface area contributed by atoms with Crippen molar-refractivity contribution in [2.75, 3.05) is 0 Å². The van der Waals surface area contributed by atoms with E-state index in [4.69, 9.17) is 4.74 Å². The molecule has 0 aliphatic rings. The fourth-order valence-corrected chi connectivity index (χ4v) is 6.60. The molecule has 0 unspecified atom stereocenters. The smallest absolute Gasteiger partial charge is 0.193 e. The maximum atomic E-state index is 14.9. The molecule has 6 aromatic carbocycles. The van der Waals surface area contributed by atoms with Gasteiger partial charge in [-0.3, -0.25) is 4.79 Å². The van der Waals surface area contributed by atoms with Gasteiger partial charge >= 0.3 is 0 Å². The molecule has 4 nitrogen and oxygen atoms in total. The Labute approximate surface area is 296 Å². The van der Waals surface area contributed by atoms with Crippen LogP contribution in [0.1, 0.15) is 77.0 Å². The summed E-state index contributed by atoms with van der Waals surface area (Å²) in [5, 5.41) is 19.7. The number of hydrogen-bond acceptors (Lipinski definition) is 4. The SMILES string of the molecule is CC(C)(c1ccc(C(C)(C)c2cccc(F)c2C#N)c(C(=O)c2ccc(Oc3ccc(-c4ccccc4)cc3)cc2)c1)c1cccc(F)c1C#N. The summed E-state index contributed by atoms with van der Waals surface area (Å²) in [5.41, 5.74) is 3.02. The first kappa shape index (κ1) is 34.5. The number of carbonyl (C=O) groups is 1. The molecule has 6 heteroatoms. The third-order valence-electron chi connectivity index (χ3n) is 9.57. The van der Waals surface area contributed by atoms with Crippen LogP contribution < -0.4 is 4.74 Å². The lowest BCUT2D eigenvalue weighted by molar-refractivity contribution is 0.103. The summed E-state index contributed by atoms with van der Waals surface area (Å²) in [4.78, 5) is 14.5. The lowest BCUT2D eigenvalue weighted by Gasteiger charge is -2.32. The summed E-state index contributed by atoms with van der Waals surface area (Å²) in [5.74, 6) is -0.381. The highest BCUT2D eigenvalue weighted by Crippen LogP contribution is 2.41. The van der Waals surface area contributed by atoms with E-state index in [-0.39, 0.29) is 16.9 Å². The van der Waals surface area contributed by atoms with Crippen LogP contribution in [0, 0.1) is 34.3 Å². The highest BCUT2D eigenvalue weighted by atomic mass is 19.1. The number of benzene rings is 6. The zero-order chi connectivity index (χ0) is 36.3. The van der Waals surface area contributed by atoms with Crippen LogP contribution in [0.25, 0.3) is 11.1 Å². The van der Waals surface area contributed by atoms with E-state index in [9.17, 15) is 24.1 Å². The number of carbonyl (C=O) groups excluding carboxylic acids is 1. The first-order chi connectivity index (χ1) is 24.4. The van der Waals surface area contributed by atoms with E-state index in [2.05, 4.69) is 0 Å². The lowest BCUT2D eigenvalue weighted by atomic mass is 9.70. The predicted molar refractivity (Wildman–Crippen MR) is 195 cm³/mol. The number of rotatable bonds is 9. The number of ketones is 1. The van der Waals surface area contributed by atoms with Crippen LogP contribution in [0.2, 0.25) is 0 Å². The number of nitriles is 2. The van der Waals surface area contributed by atoms with E-state index in [1.54, 1.807) is 60.7 Å². The van der Waals surface area contributed by atoms with Crippen LogP contribution in [0.5, 0.6) is 11.5 Å². The molecule has 0 bridgehead atoms. The molecule has 0 saturated heterocycles. The zero-order valence-corrected chi connectivity index (χ0v) is 28.7. The van der Waals surface area contributed by atoms with Crippen molar-refractivity contribution in [2.45, 2.75) is 38.5 Å². The van der Waals surface area contributed by atoms with Crippen LogP contribution >= 0.6 is 0 Å². The van der Waals surface area contributed by atoms with Crippen molar-refractivity contribution in [3.8, 4) is 34.8 Å². The lowest BCUT2D eigenvalue weighted by Crippen LogP contribution is -2.27. The molecular weight excluding hydrogens is 639 g/mol. The van der Waals surface area contributed by atoms with E-state index in [0.29, 0.717) is 44.9 Å². The van der Waals surface area contributed by atoms with Crippen LogP contribution in [-0.2, 0) is 10.8 Å². The largest absolute Gasteiger partial charge is 0.457 e. The molecule has 0 aliphatic carbocycles. The first-order valence-corrected chi connectivity index (χ1v) is 16.5. The second-order valence-corrected chi connectivity index (χ2v) is 13.4. The molecular formula is C45H34F2N2O2. The second kappa shape index (κ2) is 13.9. The highest BCUT2D eigenvalue weighted by Gasteiger charge is 2.34. The van der Waals surface area contributed by atoms with Gasteiger partial charge in [0.15, 0.2) is 5.78 Å². The molecule has 0 heterocycles. The van der Waals surface area contributed by atoms with Crippen LogP contribution in [-0.4, -0.2) is 5.78 Å². The van der Waals surface area contributed by atoms with Crippen molar-refractivity contribution >= 4 is 5.78 Å². The van der Waals surface area contributed by atoms with Gasteiger partial charge in [-0.25, -0.2) is 8.78 Å². The van der Waals surface area contributed by atoms with E-state index in [1.165, 1.54) is 12.1 Å². The summed E-state index contributed by atoms with van der Waals surface area (Å²) in [7, 11) is 0. The Morgan fingerprint density at radius 3 is 1.63 bits per heavy atom. The molecule has 0 spiro atoms. The maximum Gasteiger partial charge on any atom is 0.193 e. The summed E-state index contributed by atoms with van der Waals surface area (Å²) < 4.78 is 35.7. The van der Waals surface area contributed by atoms with Gasteiger partial charge in [0.25, 0.3) is 0 Å². The molecule has 0 aliphatic heterocycles. The molecule has 0 atom stereocenters. The second-order valence-electron chi connectivity index (χ2n) is 13.4. The van der Waals surface area contributed by atoms with Crippen molar-refractivity contribution < 1.29 is 18.3 Å². The molecule has 0 amide bonds. The number of ether oxygens (including phenoxy) is 1. The fourth-order valence-electron chi connectivity index (χ4n) is 6.60.